The van der Waals surface area contributed by atoms with Gasteiger partial charge in [0.15, 0.2) is 5.96 Å². The van der Waals surface area contributed by atoms with Gasteiger partial charge in [0.05, 0.1) is 6.54 Å². The Kier molecular flexibility index (Phi) is 6.24. The van der Waals surface area contributed by atoms with Gasteiger partial charge in [-0.1, -0.05) is 13.0 Å². The number of likely N-dealkylation sites (tertiary alicyclic amines) is 1. The molecule has 5 nitrogen and oxygen atoms in total. The van der Waals surface area contributed by atoms with Gasteiger partial charge in [0.1, 0.15) is 6.54 Å². The topological polar surface area (TPSA) is 47.9 Å². The van der Waals surface area contributed by atoms with Crippen molar-refractivity contribution in [2.75, 3.05) is 33.7 Å². The number of rotatable bonds is 4. The lowest BCUT2D eigenvalue weighted by molar-refractivity contribution is -0.127. The van der Waals surface area contributed by atoms with Crippen LogP contribution >= 0.6 is 11.3 Å². The predicted molar refractivity (Wildman–Crippen MR) is 92.1 cm³/mol. The summed E-state index contributed by atoms with van der Waals surface area (Å²) in [5.41, 5.74) is 0. The van der Waals surface area contributed by atoms with Crippen molar-refractivity contribution in [2.45, 2.75) is 26.3 Å². The highest BCUT2D eigenvalue weighted by atomic mass is 32.1. The van der Waals surface area contributed by atoms with E-state index in [1.54, 1.807) is 30.3 Å². The van der Waals surface area contributed by atoms with E-state index in [0.717, 1.165) is 25.6 Å². The molecule has 1 aromatic rings. The maximum atomic E-state index is 11.8. The minimum atomic E-state index is 0.0282. The van der Waals surface area contributed by atoms with Crippen LogP contribution in [0.4, 0.5) is 0 Å². The largest absolute Gasteiger partial charge is 0.351 e. The summed E-state index contributed by atoms with van der Waals surface area (Å²) in [7, 11) is 3.53. The molecule has 1 aliphatic heterocycles. The summed E-state index contributed by atoms with van der Waals surface area (Å²) in [5.74, 6) is 1.56. The molecule has 1 saturated heterocycles. The third-order valence-corrected chi connectivity index (χ3v) is 4.70. The number of likely N-dealkylation sites (N-methyl/N-ethyl adjacent to an activating group) is 1. The number of amides is 1. The van der Waals surface area contributed by atoms with Gasteiger partial charge in [0, 0.05) is 32.1 Å². The SMILES string of the molecule is CC1CCCN(C(=NCC(=O)N(C)C)NCc2cccs2)C1. The molecular formula is C16H26N4OS. The molecular weight excluding hydrogens is 296 g/mol. The summed E-state index contributed by atoms with van der Waals surface area (Å²) in [6.45, 7) is 5.25. The Balaban J connectivity index is 2.01. The second-order valence-electron chi connectivity index (χ2n) is 6.05. The van der Waals surface area contributed by atoms with E-state index in [0.29, 0.717) is 5.92 Å². The van der Waals surface area contributed by atoms with E-state index in [-0.39, 0.29) is 12.5 Å². The molecule has 6 heteroatoms. The van der Waals surface area contributed by atoms with Crippen molar-refractivity contribution in [3.8, 4) is 0 Å². The molecule has 22 heavy (non-hydrogen) atoms. The first-order valence-corrected chi connectivity index (χ1v) is 8.70. The molecule has 1 aromatic heterocycles. The lowest BCUT2D eigenvalue weighted by atomic mass is 10.0. The van der Waals surface area contributed by atoms with Crippen LogP contribution in [0.3, 0.4) is 0 Å². The number of nitrogens with zero attached hydrogens (tertiary/aromatic N) is 3. The van der Waals surface area contributed by atoms with Gasteiger partial charge >= 0.3 is 0 Å². The van der Waals surface area contributed by atoms with Crippen LogP contribution in [0.2, 0.25) is 0 Å². The molecule has 0 aliphatic carbocycles. The van der Waals surface area contributed by atoms with Gasteiger partial charge in [-0.05, 0) is 30.2 Å². The molecule has 0 aromatic carbocycles. The van der Waals surface area contributed by atoms with E-state index >= 15 is 0 Å². The molecule has 0 spiro atoms. The van der Waals surface area contributed by atoms with E-state index in [1.807, 2.05) is 0 Å². The van der Waals surface area contributed by atoms with E-state index < -0.39 is 0 Å². The summed E-state index contributed by atoms with van der Waals surface area (Å²) in [6.07, 6.45) is 2.45. The predicted octanol–water partition coefficient (Wildman–Crippen LogP) is 2.01. The summed E-state index contributed by atoms with van der Waals surface area (Å²) < 4.78 is 0. The van der Waals surface area contributed by atoms with Crippen LogP contribution in [0.15, 0.2) is 22.5 Å². The fraction of sp³-hybridized carbons (Fsp3) is 0.625. The van der Waals surface area contributed by atoms with E-state index in [1.165, 1.54) is 17.7 Å². The molecule has 2 rings (SSSR count). The Morgan fingerprint density at radius 3 is 3.00 bits per heavy atom. The minimum Gasteiger partial charge on any atom is -0.351 e. The fourth-order valence-corrected chi connectivity index (χ4v) is 3.16. The van der Waals surface area contributed by atoms with Crippen molar-refractivity contribution in [3.05, 3.63) is 22.4 Å². The van der Waals surface area contributed by atoms with Crippen molar-refractivity contribution in [1.82, 2.24) is 15.1 Å². The fourth-order valence-electron chi connectivity index (χ4n) is 2.51. The Morgan fingerprint density at radius 1 is 1.55 bits per heavy atom. The molecule has 0 radical (unpaired) electrons. The van der Waals surface area contributed by atoms with E-state index in [9.17, 15) is 4.79 Å². The van der Waals surface area contributed by atoms with Gasteiger partial charge in [-0.15, -0.1) is 11.3 Å². The summed E-state index contributed by atoms with van der Waals surface area (Å²) >= 11 is 1.73. The number of nitrogens with one attached hydrogen (secondary N) is 1. The number of hydrogen-bond donors (Lipinski definition) is 1. The summed E-state index contributed by atoms with van der Waals surface area (Å²) in [5, 5.41) is 5.50. The van der Waals surface area contributed by atoms with Gasteiger partial charge in [-0.2, -0.15) is 0 Å². The van der Waals surface area contributed by atoms with Crippen LogP contribution in [0.25, 0.3) is 0 Å². The smallest absolute Gasteiger partial charge is 0.243 e. The van der Waals surface area contributed by atoms with Crippen molar-refractivity contribution >= 4 is 23.2 Å². The lowest BCUT2D eigenvalue weighted by Gasteiger charge is -2.33. The minimum absolute atomic E-state index is 0.0282. The number of guanidine groups is 1. The number of hydrogen-bond acceptors (Lipinski definition) is 3. The Morgan fingerprint density at radius 2 is 2.36 bits per heavy atom. The third-order valence-electron chi connectivity index (χ3n) is 3.82. The monoisotopic (exact) mass is 322 g/mol. The van der Waals surface area contributed by atoms with Crippen LogP contribution in [-0.4, -0.2) is 55.4 Å². The van der Waals surface area contributed by atoms with Crippen LogP contribution < -0.4 is 5.32 Å². The van der Waals surface area contributed by atoms with Gasteiger partial charge < -0.3 is 15.1 Å². The van der Waals surface area contributed by atoms with Crippen LogP contribution in [0.5, 0.6) is 0 Å². The van der Waals surface area contributed by atoms with Crippen molar-refractivity contribution in [3.63, 3.8) is 0 Å². The zero-order valence-corrected chi connectivity index (χ0v) is 14.5. The second kappa shape index (κ2) is 8.17. The summed E-state index contributed by atoms with van der Waals surface area (Å²) in [4.78, 5) is 21.5. The number of carbonyl (C=O) groups is 1. The average molecular weight is 322 g/mol. The molecule has 122 valence electrons. The highest BCUT2D eigenvalue weighted by molar-refractivity contribution is 7.09. The highest BCUT2D eigenvalue weighted by Gasteiger charge is 2.20. The zero-order valence-electron chi connectivity index (χ0n) is 13.7. The average Bonchev–Trinajstić information content (AvgIpc) is 3.00. The van der Waals surface area contributed by atoms with Crippen LogP contribution in [0, 0.1) is 5.92 Å². The van der Waals surface area contributed by atoms with Crippen molar-refractivity contribution < 1.29 is 4.79 Å². The summed E-state index contributed by atoms with van der Waals surface area (Å²) in [6, 6.07) is 4.16. The molecule has 1 N–H and O–H groups in total. The van der Waals surface area contributed by atoms with Gasteiger partial charge in [-0.3, -0.25) is 4.79 Å². The molecule has 2 heterocycles. The number of carbonyl (C=O) groups excluding carboxylic acids is 1. The molecule has 1 atom stereocenters. The first-order chi connectivity index (χ1) is 10.6. The number of piperidine rings is 1. The molecule has 0 bridgehead atoms. The Bertz CT molecular complexity index is 498. The quantitative estimate of drug-likeness (QED) is 0.681. The molecule has 1 fully saturated rings. The Hall–Kier alpha value is -1.56. The first kappa shape index (κ1) is 16.8. The van der Waals surface area contributed by atoms with Gasteiger partial charge in [-0.25, -0.2) is 4.99 Å². The Labute approximate surface area is 137 Å². The first-order valence-electron chi connectivity index (χ1n) is 7.82. The van der Waals surface area contributed by atoms with E-state index in [2.05, 4.69) is 39.6 Å². The molecule has 1 unspecified atom stereocenters. The van der Waals surface area contributed by atoms with Crippen LogP contribution in [-0.2, 0) is 11.3 Å². The normalized spacial score (nSPS) is 19.1. The lowest BCUT2D eigenvalue weighted by Crippen LogP contribution is -2.46. The van der Waals surface area contributed by atoms with Gasteiger partial charge in [0.2, 0.25) is 5.91 Å². The molecule has 1 amide bonds. The molecule has 1 aliphatic rings. The van der Waals surface area contributed by atoms with E-state index in [4.69, 9.17) is 0 Å². The van der Waals surface area contributed by atoms with Crippen molar-refractivity contribution in [2.24, 2.45) is 10.9 Å². The third kappa shape index (κ3) is 5.02. The van der Waals surface area contributed by atoms with Gasteiger partial charge in [0.25, 0.3) is 0 Å². The maximum absolute atomic E-state index is 11.8. The highest BCUT2D eigenvalue weighted by Crippen LogP contribution is 2.16. The number of thiophene rings is 1. The molecule has 0 saturated carbocycles. The second-order valence-corrected chi connectivity index (χ2v) is 7.09. The van der Waals surface area contributed by atoms with Crippen LogP contribution in [0.1, 0.15) is 24.6 Å². The zero-order chi connectivity index (χ0) is 15.9. The maximum Gasteiger partial charge on any atom is 0.243 e. The van der Waals surface area contributed by atoms with Crippen molar-refractivity contribution in [1.29, 1.82) is 0 Å². The standard InChI is InChI=1S/C16H26N4OS/c1-13-6-4-8-20(12-13)16(18-11-15(21)19(2)3)17-10-14-7-5-9-22-14/h5,7,9,13H,4,6,8,10-12H2,1-3H3,(H,17,18). The number of aliphatic imine (C=N–C) groups is 1.